The molecule has 5 aromatic carbocycles. The smallest absolute Gasteiger partial charge is 0.143 e. The monoisotopic (exact) mass is 428 g/mol. The van der Waals surface area contributed by atoms with Crippen LogP contribution in [0.4, 0.5) is 0 Å². The lowest BCUT2D eigenvalue weighted by molar-refractivity contribution is 0.670. The van der Waals surface area contributed by atoms with Gasteiger partial charge in [-0.05, 0) is 35.8 Å². The van der Waals surface area contributed by atoms with Crippen LogP contribution in [0.25, 0.3) is 60.6 Å². The number of hydrogen-bond acceptors (Lipinski definition) is 1. The van der Waals surface area contributed by atoms with E-state index in [0.717, 1.165) is 4.57 Å². The van der Waals surface area contributed by atoms with Crippen LogP contribution >= 0.6 is 0 Å². The van der Waals surface area contributed by atoms with Crippen molar-refractivity contribution in [2.45, 2.75) is 0 Å². The van der Waals surface area contributed by atoms with Gasteiger partial charge in [0, 0.05) is 32.8 Å². The highest BCUT2D eigenvalue weighted by Gasteiger charge is 2.14. The first-order valence-corrected chi connectivity index (χ1v) is 9.33. The van der Waals surface area contributed by atoms with Gasteiger partial charge in [-0.25, -0.2) is 0 Å². The lowest BCUT2D eigenvalue weighted by Crippen LogP contribution is -1.93. The average Bonchev–Trinajstić information content (AvgIpc) is 3.67. The molecule has 0 fully saturated rings. The van der Waals surface area contributed by atoms with E-state index in [-0.39, 0.29) is 21.5 Å². The Kier molecular flexibility index (Phi) is 1.47. The van der Waals surface area contributed by atoms with E-state index in [9.17, 15) is 0 Å². The van der Waals surface area contributed by atoms with Crippen molar-refractivity contribution < 1.29 is 30.5 Å². The van der Waals surface area contributed by atoms with E-state index in [2.05, 4.69) is 0 Å². The summed E-state index contributed by atoms with van der Waals surface area (Å²) in [6, 6.07) is -14.1. The van der Waals surface area contributed by atoms with Gasteiger partial charge < -0.3 is 8.98 Å². The molecule has 2 nitrogen and oxygen atoms in total. The summed E-state index contributed by atoms with van der Waals surface area (Å²) in [7, 11) is 0. The zero-order valence-electron chi connectivity index (χ0n) is 34.9. The highest BCUT2D eigenvalue weighted by atomic mass is 16.3. The molecule has 0 N–H and O–H groups in total. The molecule has 2 aromatic heterocycles. The molecule has 0 spiro atoms. The molecule has 0 radical (unpaired) electrons. The topological polar surface area (TPSA) is 18.1 Å². The average molecular weight is 429 g/mol. The van der Waals surface area contributed by atoms with Crippen LogP contribution in [0.5, 0.6) is 0 Å². The van der Waals surface area contributed by atoms with Crippen molar-refractivity contribution in [2.24, 2.45) is 0 Å². The summed E-state index contributed by atoms with van der Waals surface area (Å²) < 4.78 is 170. The van der Waals surface area contributed by atoms with Gasteiger partial charge in [-0.1, -0.05) is 84.6 Å². The number of hydrogen-bond donors (Lipinski definition) is 0. The standard InChI is InChI=1S/C30H19NO/c1-4-13-27-23(8-1)24-9-2-5-14-28(24)31(27)21-18-16-20(17-19-21)22-11-7-12-26-25-10-3-6-15-29(25)32-30(22)26/h1-19H/i1D,2D,3D,4D,5D,6D,7D,8D,9D,10D,11D,12D,13D,14D,15D,16D,17D,18D,19D. The number of benzene rings is 5. The molecule has 150 valence electrons. The van der Waals surface area contributed by atoms with Gasteiger partial charge in [0.1, 0.15) is 11.2 Å². The maximum absolute atomic E-state index is 9.12. The molecule has 0 amide bonds. The predicted octanol–water partition coefficient (Wildman–Crippen LogP) is 8.35. The Balaban J connectivity index is 1.70. The van der Waals surface area contributed by atoms with Gasteiger partial charge >= 0.3 is 0 Å². The number of fused-ring (bicyclic) bond motifs is 6. The van der Waals surface area contributed by atoms with Gasteiger partial charge in [-0.15, -0.1) is 0 Å². The molecule has 2 heterocycles. The number of para-hydroxylation sites is 4. The Bertz CT molecular complexity index is 2690. The lowest BCUT2D eigenvalue weighted by atomic mass is 10.0. The number of nitrogens with zero attached hydrogens (tertiary/aromatic N) is 1. The quantitative estimate of drug-likeness (QED) is 0.270. The second-order valence-corrected chi connectivity index (χ2v) is 6.77. The number of furan rings is 1. The highest BCUT2D eigenvalue weighted by Crippen LogP contribution is 2.37. The molecular formula is C30H19NO. The normalized spacial score (nSPS) is 20.1. The fourth-order valence-electron chi connectivity index (χ4n) is 3.69. The van der Waals surface area contributed by atoms with E-state index in [0.29, 0.717) is 0 Å². The van der Waals surface area contributed by atoms with E-state index in [1.807, 2.05) is 0 Å². The second kappa shape index (κ2) is 6.60. The highest BCUT2D eigenvalue weighted by molar-refractivity contribution is 6.10. The van der Waals surface area contributed by atoms with Crippen LogP contribution in [0.15, 0.2) is 119 Å². The van der Waals surface area contributed by atoms with E-state index < -0.39 is 154 Å². The Morgan fingerprint density at radius 1 is 0.531 bits per heavy atom. The van der Waals surface area contributed by atoms with E-state index in [1.165, 1.54) is 0 Å². The molecule has 2 heteroatoms. The Morgan fingerprint density at radius 3 is 1.84 bits per heavy atom. The van der Waals surface area contributed by atoms with Crippen molar-refractivity contribution in [2.75, 3.05) is 0 Å². The Hall–Kier alpha value is -4.30. The molecule has 0 saturated heterocycles. The third-order valence-electron chi connectivity index (χ3n) is 5.05. The number of aromatic nitrogens is 1. The fraction of sp³-hybridized carbons (Fsp3) is 0. The summed E-state index contributed by atoms with van der Waals surface area (Å²) in [5, 5.41) is -1.34. The molecule has 0 aliphatic rings. The summed E-state index contributed by atoms with van der Waals surface area (Å²) in [4.78, 5) is 0. The number of rotatable bonds is 2. The molecule has 0 bridgehead atoms. The van der Waals surface area contributed by atoms with Gasteiger partial charge in [0.15, 0.2) is 0 Å². The summed E-state index contributed by atoms with van der Waals surface area (Å²) in [5.41, 5.74) is -3.64. The first kappa shape index (κ1) is 7.11. The van der Waals surface area contributed by atoms with Crippen molar-refractivity contribution in [1.82, 2.24) is 4.57 Å². The minimum atomic E-state index is -0.890. The van der Waals surface area contributed by atoms with Crippen LogP contribution in [-0.4, -0.2) is 4.57 Å². The van der Waals surface area contributed by atoms with Gasteiger partial charge in [0.2, 0.25) is 0 Å². The summed E-state index contributed by atoms with van der Waals surface area (Å²) in [6.45, 7) is 0. The van der Waals surface area contributed by atoms with Crippen LogP contribution in [0.2, 0.25) is 0 Å². The Morgan fingerprint density at radius 2 is 1.12 bits per heavy atom. The largest absolute Gasteiger partial charge is 0.455 e. The van der Waals surface area contributed by atoms with Crippen molar-refractivity contribution in [1.29, 1.82) is 0 Å². The second-order valence-electron chi connectivity index (χ2n) is 6.77. The molecule has 7 rings (SSSR count). The molecule has 0 aliphatic carbocycles. The van der Waals surface area contributed by atoms with Crippen molar-refractivity contribution >= 4 is 43.7 Å². The minimum absolute atomic E-state index is 0.295. The first-order chi connectivity index (χ1) is 23.8. The molecular weight excluding hydrogens is 390 g/mol. The maximum atomic E-state index is 9.12. The van der Waals surface area contributed by atoms with Gasteiger partial charge in [-0.3, -0.25) is 0 Å². The van der Waals surface area contributed by atoms with Gasteiger partial charge in [0.25, 0.3) is 0 Å². The molecule has 7 aromatic rings. The molecule has 0 saturated carbocycles. The first-order valence-electron chi connectivity index (χ1n) is 18.8. The molecule has 0 aliphatic heterocycles. The van der Waals surface area contributed by atoms with Crippen LogP contribution < -0.4 is 0 Å². The molecule has 0 atom stereocenters. The SMILES string of the molecule is [2H]c1c([2H])c(-n2c3c([2H])c([2H])c([2H])c([2H])c3c3c([2H])c([2H])c([2H])c([2H])c32)c([2H])c([2H])c1-c1c([2H])c([2H])c([2H])c2c1oc1c([2H])c([2H])c([2H])c([2H])c12. The minimum Gasteiger partial charge on any atom is -0.455 e. The Labute approximate surface area is 211 Å². The van der Waals surface area contributed by atoms with Crippen molar-refractivity contribution in [3.63, 3.8) is 0 Å². The molecule has 32 heavy (non-hydrogen) atoms. The third kappa shape index (κ3) is 2.41. The van der Waals surface area contributed by atoms with E-state index in [1.54, 1.807) is 0 Å². The van der Waals surface area contributed by atoms with Crippen LogP contribution in [0, 0.1) is 0 Å². The summed E-state index contributed by atoms with van der Waals surface area (Å²) in [6.07, 6.45) is 0. The van der Waals surface area contributed by atoms with Crippen molar-refractivity contribution in [3.05, 3.63) is 115 Å². The van der Waals surface area contributed by atoms with Crippen molar-refractivity contribution in [3.8, 4) is 16.8 Å². The van der Waals surface area contributed by atoms with Crippen LogP contribution in [0.1, 0.15) is 26.0 Å². The predicted molar refractivity (Wildman–Crippen MR) is 133 cm³/mol. The van der Waals surface area contributed by atoms with E-state index in [4.69, 9.17) is 30.5 Å². The fourth-order valence-corrected chi connectivity index (χ4v) is 3.69. The third-order valence-corrected chi connectivity index (χ3v) is 5.05. The van der Waals surface area contributed by atoms with E-state index >= 15 is 0 Å². The zero-order chi connectivity index (χ0) is 37.6. The van der Waals surface area contributed by atoms with Gasteiger partial charge in [0.05, 0.1) is 37.1 Å². The maximum Gasteiger partial charge on any atom is 0.143 e. The zero-order valence-corrected chi connectivity index (χ0v) is 15.9. The van der Waals surface area contributed by atoms with Crippen LogP contribution in [-0.2, 0) is 0 Å². The van der Waals surface area contributed by atoms with Crippen LogP contribution in [0.3, 0.4) is 0 Å². The lowest BCUT2D eigenvalue weighted by Gasteiger charge is -2.09. The molecule has 0 unspecified atom stereocenters. The summed E-state index contributed by atoms with van der Waals surface area (Å²) in [5.74, 6) is 0. The summed E-state index contributed by atoms with van der Waals surface area (Å²) >= 11 is 0. The van der Waals surface area contributed by atoms with Gasteiger partial charge in [-0.2, -0.15) is 0 Å².